The summed E-state index contributed by atoms with van der Waals surface area (Å²) < 4.78 is 0. The van der Waals surface area contributed by atoms with E-state index in [1.54, 1.807) is 0 Å². The van der Waals surface area contributed by atoms with E-state index in [1.807, 2.05) is 18.5 Å². The molecule has 1 aromatic heterocycles. The van der Waals surface area contributed by atoms with Gasteiger partial charge in [0.1, 0.15) is 0 Å². The van der Waals surface area contributed by atoms with Crippen LogP contribution < -0.4 is 11.1 Å². The average molecular weight is 207 g/mol. The minimum absolute atomic E-state index is 0.630. The van der Waals surface area contributed by atoms with E-state index in [9.17, 15) is 0 Å². The molecule has 1 heterocycles. The molecule has 1 unspecified atom stereocenters. The van der Waals surface area contributed by atoms with E-state index in [1.165, 1.54) is 24.1 Å². The average Bonchev–Trinajstić information content (AvgIpc) is 2.26. The Bertz CT molecular complexity index is 286. The van der Waals surface area contributed by atoms with E-state index >= 15 is 0 Å². The molecule has 0 radical (unpaired) electrons. The first-order chi connectivity index (χ1) is 7.24. The number of hydrogen-bond acceptors (Lipinski definition) is 3. The van der Waals surface area contributed by atoms with Gasteiger partial charge in [-0.1, -0.05) is 6.92 Å². The number of aromatic nitrogens is 1. The molecule has 1 rings (SSSR count). The zero-order valence-electron chi connectivity index (χ0n) is 9.66. The van der Waals surface area contributed by atoms with Crippen LogP contribution in [0.25, 0.3) is 0 Å². The zero-order chi connectivity index (χ0) is 11.1. The first-order valence-corrected chi connectivity index (χ1v) is 5.58. The molecule has 3 N–H and O–H groups in total. The molecule has 15 heavy (non-hydrogen) atoms. The minimum atomic E-state index is 0.630. The molecule has 84 valence electrons. The monoisotopic (exact) mass is 207 g/mol. The molecule has 3 heteroatoms. The van der Waals surface area contributed by atoms with Crippen molar-refractivity contribution in [1.29, 1.82) is 0 Å². The Hall–Kier alpha value is -1.09. The quantitative estimate of drug-likeness (QED) is 0.703. The maximum Gasteiger partial charge on any atom is 0.0400 e. The van der Waals surface area contributed by atoms with Crippen molar-refractivity contribution in [2.45, 2.75) is 26.7 Å². The molecular weight excluding hydrogens is 186 g/mol. The van der Waals surface area contributed by atoms with Crippen molar-refractivity contribution in [2.75, 3.05) is 18.4 Å². The van der Waals surface area contributed by atoms with Crippen LogP contribution >= 0.6 is 0 Å². The summed E-state index contributed by atoms with van der Waals surface area (Å²) in [4.78, 5) is 4.06. The van der Waals surface area contributed by atoms with Crippen molar-refractivity contribution in [3.8, 4) is 0 Å². The van der Waals surface area contributed by atoms with Crippen LogP contribution in [-0.4, -0.2) is 18.1 Å². The Labute approximate surface area is 92.1 Å². The van der Waals surface area contributed by atoms with Crippen LogP contribution in [-0.2, 0) is 0 Å². The van der Waals surface area contributed by atoms with Crippen molar-refractivity contribution < 1.29 is 0 Å². The second kappa shape index (κ2) is 6.40. The predicted molar refractivity (Wildman–Crippen MR) is 64.9 cm³/mol. The number of nitrogens with two attached hydrogens (primary N) is 1. The van der Waals surface area contributed by atoms with Crippen LogP contribution in [0.2, 0.25) is 0 Å². The number of aryl methyl sites for hydroxylation is 1. The highest BCUT2D eigenvalue weighted by atomic mass is 14.9. The topological polar surface area (TPSA) is 50.9 Å². The summed E-state index contributed by atoms with van der Waals surface area (Å²) in [5.74, 6) is 0.630. The number of rotatable bonds is 6. The SMILES string of the molecule is Cc1cnccc1NCCCC(C)CN. The van der Waals surface area contributed by atoms with E-state index in [-0.39, 0.29) is 0 Å². The standard InChI is InChI=1S/C12H21N3/c1-10(8-13)4-3-6-15-12-5-7-14-9-11(12)2/h5,7,9-10H,3-4,6,8,13H2,1-2H3,(H,14,15). The van der Waals surface area contributed by atoms with Crippen LogP contribution in [0.4, 0.5) is 5.69 Å². The van der Waals surface area contributed by atoms with E-state index in [2.05, 4.69) is 24.1 Å². The summed E-state index contributed by atoms with van der Waals surface area (Å²) >= 11 is 0. The van der Waals surface area contributed by atoms with Gasteiger partial charge in [-0.05, 0) is 43.9 Å². The van der Waals surface area contributed by atoms with Gasteiger partial charge in [0, 0.05) is 24.6 Å². The highest BCUT2D eigenvalue weighted by Crippen LogP contribution is 2.12. The molecule has 3 nitrogen and oxygen atoms in total. The molecule has 0 aliphatic carbocycles. The molecule has 0 bridgehead atoms. The Balaban J connectivity index is 2.23. The lowest BCUT2D eigenvalue weighted by Gasteiger charge is -2.10. The molecule has 1 aromatic rings. The molecule has 1 atom stereocenters. The van der Waals surface area contributed by atoms with Gasteiger partial charge in [0.05, 0.1) is 0 Å². The molecular formula is C12H21N3. The van der Waals surface area contributed by atoms with Gasteiger partial charge in [0.2, 0.25) is 0 Å². The van der Waals surface area contributed by atoms with Gasteiger partial charge in [-0.15, -0.1) is 0 Å². The molecule has 0 saturated carbocycles. The van der Waals surface area contributed by atoms with Crippen molar-refractivity contribution in [2.24, 2.45) is 11.7 Å². The number of anilines is 1. The molecule has 0 amide bonds. The molecule has 0 aromatic carbocycles. The van der Waals surface area contributed by atoms with Crippen molar-refractivity contribution in [1.82, 2.24) is 4.98 Å². The van der Waals surface area contributed by atoms with Crippen molar-refractivity contribution in [3.05, 3.63) is 24.0 Å². The fourth-order valence-corrected chi connectivity index (χ4v) is 1.46. The van der Waals surface area contributed by atoms with Gasteiger partial charge in [0.25, 0.3) is 0 Å². The van der Waals surface area contributed by atoms with Gasteiger partial charge in [-0.3, -0.25) is 4.98 Å². The molecule has 0 aliphatic heterocycles. The summed E-state index contributed by atoms with van der Waals surface area (Å²) in [6.45, 7) is 6.05. The summed E-state index contributed by atoms with van der Waals surface area (Å²) in [7, 11) is 0. The van der Waals surface area contributed by atoms with Gasteiger partial charge in [-0.25, -0.2) is 0 Å². The molecule has 0 fully saturated rings. The van der Waals surface area contributed by atoms with Gasteiger partial charge >= 0.3 is 0 Å². The number of hydrogen-bond donors (Lipinski definition) is 2. The van der Waals surface area contributed by atoms with Crippen molar-refractivity contribution >= 4 is 5.69 Å². The summed E-state index contributed by atoms with van der Waals surface area (Å²) in [5.41, 5.74) is 7.94. The number of pyridine rings is 1. The Morgan fingerprint density at radius 3 is 3.00 bits per heavy atom. The van der Waals surface area contributed by atoms with E-state index in [0.29, 0.717) is 5.92 Å². The molecule has 0 spiro atoms. The highest BCUT2D eigenvalue weighted by Gasteiger charge is 1.99. The maximum atomic E-state index is 5.56. The van der Waals surface area contributed by atoms with E-state index in [4.69, 9.17) is 5.73 Å². The minimum Gasteiger partial charge on any atom is -0.385 e. The lowest BCUT2D eigenvalue weighted by Crippen LogP contribution is -2.12. The molecule has 0 saturated heterocycles. The van der Waals surface area contributed by atoms with Gasteiger partial charge in [0.15, 0.2) is 0 Å². The van der Waals surface area contributed by atoms with Crippen LogP contribution in [0.1, 0.15) is 25.3 Å². The predicted octanol–water partition coefficient (Wildman–Crippen LogP) is 2.18. The fraction of sp³-hybridized carbons (Fsp3) is 0.583. The van der Waals surface area contributed by atoms with Crippen LogP contribution in [0.5, 0.6) is 0 Å². The second-order valence-electron chi connectivity index (χ2n) is 4.10. The zero-order valence-corrected chi connectivity index (χ0v) is 9.66. The Kier molecular flexibility index (Phi) is 5.12. The maximum absolute atomic E-state index is 5.56. The number of nitrogens with zero attached hydrogens (tertiary/aromatic N) is 1. The third-order valence-electron chi connectivity index (χ3n) is 2.61. The second-order valence-corrected chi connectivity index (χ2v) is 4.10. The molecule has 0 aliphatic rings. The van der Waals surface area contributed by atoms with Gasteiger partial charge in [-0.2, -0.15) is 0 Å². The van der Waals surface area contributed by atoms with Crippen LogP contribution in [0, 0.1) is 12.8 Å². The third kappa shape index (κ3) is 4.30. The smallest absolute Gasteiger partial charge is 0.0400 e. The van der Waals surface area contributed by atoms with Gasteiger partial charge < -0.3 is 11.1 Å². The van der Waals surface area contributed by atoms with Crippen LogP contribution in [0.15, 0.2) is 18.5 Å². The Morgan fingerprint density at radius 1 is 1.53 bits per heavy atom. The van der Waals surface area contributed by atoms with E-state index in [0.717, 1.165) is 13.1 Å². The van der Waals surface area contributed by atoms with Crippen molar-refractivity contribution in [3.63, 3.8) is 0 Å². The third-order valence-corrected chi connectivity index (χ3v) is 2.61. The van der Waals surface area contributed by atoms with Crippen LogP contribution in [0.3, 0.4) is 0 Å². The summed E-state index contributed by atoms with van der Waals surface area (Å²) in [5, 5.41) is 3.41. The van der Waals surface area contributed by atoms with E-state index < -0.39 is 0 Å². The Morgan fingerprint density at radius 2 is 2.33 bits per heavy atom. The lowest BCUT2D eigenvalue weighted by atomic mass is 10.1. The fourth-order valence-electron chi connectivity index (χ4n) is 1.46. The highest BCUT2D eigenvalue weighted by molar-refractivity contribution is 5.48. The summed E-state index contributed by atoms with van der Waals surface area (Å²) in [6.07, 6.45) is 6.05. The number of nitrogens with one attached hydrogen (secondary N) is 1. The first-order valence-electron chi connectivity index (χ1n) is 5.58. The summed E-state index contributed by atoms with van der Waals surface area (Å²) in [6, 6.07) is 2.02. The normalized spacial score (nSPS) is 12.5. The first kappa shape index (κ1) is 12.0. The lowest BCUT2D eigenvalue weighted by molar-refractivity contribution is 0.529. The largest absolute Gasteiger partial charge is 0.385 e.